The second-order valence-corrected chi connectivity index (χ2v) is 10.9. The topological polar surface area (TPSA) is 93.5 Å². The van der Waals surface area contributed by atoms with Gasteiger partial charge < -0.3 is 10.0 Å². The SMILES string of the molecule is CC(=O)N1C=C(c2ccccc2)N(N(C(C)=O)[C@@H](Cc2ccccc2)C(O)C2=NCCS2)C(=O)C1C(C)C. The highest BCUT2D eigenvalue weighted by Crippen LogP contribution is 2.34. The molecule has 2 aliphatic rings. The maximum Gasteiger partial charge on any atom is 0.269 e. The molecular weight excluding hydrogens is 500 g/mol. The molecule has 2 aliphatic heterocycles. The van der Waals surface area contributed by atoms with Gasteiger partial charge in [-0.1, -0.05) is 74.5 Å². The largest absolute Gasteiger partial charge is 0.384 e. The van der Waals surface area contributed by atoms with Gasteiger partial charge in [0.05, 0.1) is 16.8 Å². The summed E-state index contributed by atoms with van der Waals surface area (Å²) in [5.74, 6) is -0.535. The summed E-state index contributed by atoms with van der Waals surface area (Å²) in [7, 11) is 0. The van der Waals surface area contributed by atoms with Gasteiger partial charge in [0, 0.05) is 37.9 Å². The fraction of sp³-hybridized carbons (Fsp3) is 0.379. The first-order chi connectivity index (χ1) is 18.2. The lowest BCUT2D eigenvalue weighted by Gasteiger charge is -2.48. The van der Waals surface area contributed by atoms with Crippen LogP contribution in [-0.4, -0.2) is 73.3 Å². The normalized spacial score (nSPS) is 19.2. The zero-order valence-electron chi connectivity index (χ0n) is 22.2. The van der Waals surface area contributed by atoms with Crippen LogP contribution >= 0.6 is 11.8 Å². The predicted molar refractivity (Wildman–Crippen MR) is 150 cm³/mol. The number of thioether (sulfide) groups is 1. The van der Waals surface area contributed by atoms with Gasteiger partial charge in [-0.2, -0.15) is 0 Å². The zero-order valence-corrected chi connectivity index (χ0v) is 23.0. The number of nitrogens with zero attached hydrogens (tertiary/aromatic N) is 4. The van der Waals surface area contributed by atoms with E-state index < -0.39 is 30.0 Å². The van der Waals surface area contributed by atoms with Gasteiger partial charge >= 0.3 is 0 Å². The lowest BCUT2D eigenvalue weighted by Crippen LogP contribution is -2.64. The first-order valence-electron chi connectivity index (χ1n) is 12.8. The second-order valence-electron chi connectivity index (χ2n) is 9.78. The fourth-order valence-electron chi connectivity index (χ4n) is 4.96. The van der Waals surface area contributed by atoms with Gasteiger partial charge in [-0.15, -0.1) is 11.8 Å². The van der Waals surface area contributed by atoms with Crippen molar-refractivity contribution in [3.05, 3.63) is 78.0 Å². The molecule has 2 heterocycles. The van der Waals surface area contributed by atoms with Crippen LogP contribution in [0.15, 0.2) is 71.9 Å². The number of amides is 3. The Bertz CT molecular complexity index is 1230. The molecule has 9 heteroatoms. The summed E-state index contributed by atoms with van der Waals surface area (Å²) in [5, 5.41) is 14.9. The van der Waals surface area contributed by atoms with Crippen molar-refractivity contribution in [2.45, 2.75) is 52.3 Å². The molecule has 8 nitrogen and oxygen atoms in total. The monoisotopic (exact) mass is 534 g/mol. The van der Waals surface area contributed by atoms with Crippen molar-refractivity contribution >= 4 is 40.2 Å². The van der Waals surface area contributed by atoms with E-state index in [0.717, 1.165) is 11.3 Å². The zero-order chi connectivity index (χ0) is 27.4. The van der Waals surface area contributed by atoms with Gasteiger partial charge in [-0.25, -0.2) is 10.0 Å². The second kappa shape index (κ2) is 12.0. The molecule has 2 unspecified atom stereocenters. The molecule has 4 rings (SSSR count). The lowest BCUT2D eigenvalue weighted by atomic mass is 9.96. The van der Waals surface area contributed by atoms with Crippen molar-refractivity contribution in [2.75, 3.05) is 12.3 Å². The average Bonchev–Trinajstić information content (AvgIpc) is 3.44. The number of carbonyl (C=O) groups is 3. The molecule has 0 saturated heterocycles. The highest BCUT2D eigenvalue weighted by atomic mass is 32.2. The Morgan fingerprint density at radius 3 is 2.24 bits per heavy atom. The Morgan fingerprint density at radius 1 is 1.08 bits per heavy atom. The quantitative estimate of drug-likeness (QED) is 0.559. The summed E-state index contributed by atoms with van der Waals surface area (Å²) in [6.45, 7) is 7.16. The van der Waals surface area contributed by atoms with E-state index in [1.165, 1.54) is 40.5 Å². The Kier molecular flexibility index (Phi) is 8.69. The van der Waals surface area contributed by atoms with E-state index in [1.807, 2.05) is 74.5 Å². The number of hydrogen-bond acceptors (Lipinski definition) is 6. The molecule has 1 N–H and O–H groups in total. The molecule has 0 spiro atoms. The number of hydrazine groups is 1. The van der Waals surface area contributed by atoms with Crippen molar-refractivity contribution in [3.8, 4) is 0 Å². The van der Waals surface area contributed by atoms with E-state index in [1.54, 1.807) is 6.20 Å². The van der Waals surface area contributed by atoms with E-state index in [-0.39, 0.29) is 11.8 Å². The van der Waals surface area contributed by atoms with E-state index in [4.69, 9.17) is 0 Å². The third-order valence-electron chi connectivity index (χ3n) is 6.68. The molecule has 0 fully saturated rings. The Morgan fingerprint density at radius 2 is 1.71 bits per heavy atom. The number of aliphatic imine (C=N–C) groups is 1. The Labute approximate surface area is 228 Å². The molecule has 0 radical (unpaired) electrons. The summed E-state index contributed by atoms with van der Waals surface area (Å²) in [6, 6.07) is 17.1. The van der Waals surface area contributed by atoms with Crippen molar-refractivity contribution in [1.29, 1.82) is 0 Å². The summed E-state index contributed by atoms with van der Waals surface area (Å²) in [5.41, 5.74) is 1.97. The lowest BCUT2D eigenvalue weighted by molar-refractivity contribution is -0.169. The molecule has 3 amide bonds. The number of carbonyl (C=O) groups excluding carboxylic acids is 3. The first kappa shape index (κ1) is 27.6. The number of hydrogen-bond donors (Lipinski definition) is 1. The van der Waals surface area contributed by atoms with Gasteiger partial charge in [0.2, 0.25) is 11.8 Å². The van der Waals surface area contributed by atoms with Crippen LogP contribution < -0.4 is 0 Å². The number of rotatable bonds is 8. The van der Waals surface area contributed by atoms with Crippen molar-refractivity contribution in [2.24, 2.45) is 10.9 Å². The molecule has 3 atom stereocenters. The molecule has 38 heavy (non-hydrogen) atoms. The number of aliphatic hydroxyl groups is 1. The average molecular weight is 535 g/mol. The van der Waals surface area contributed by atoms with Crippen LogP contribution in [0.3, 0.4) is 0 Å². The standard InChI is InChI=1S/C29H34N4O4S/c1-19(2)26-29(37)33(25(18-31(26)20(3)34)23-13-9-6-10-14-23)32(21(4)35)24(17-22-11-7-5-8-12-22)27(36)28-30-15-16-38-28/h5-14,18-19,24,26-27,36H,15-17H2,1-4H3/t24-,26?,27?/m0/s1. The minimum Gasteiger partial charge on any atom is -0.384 e. The predicted octanol–water partition coefficient (Wildman–Crippen LogP) is 3.58. The van der Waals surface area contributed by atoms with Crippen molar-refractivity contribution in [3.63, 3.8) is 0 Å². The van der Waals surface area contributed by atoms with E-state index >= 15 is 0 Å². The van der Waals surface area contributed by atoms with Crippen LogP contribution in [0, 0.1) is 5.92 Å². The van der Waals surface area contributed by atoms with E-state index in [9.17, 15) is 19.5 Å². The summed E-state index contributed by atoms with van der Waals surface area (Å²) in [4.78, 5) is 46.4. The van der Waals surface area contributed by atoms with Gasteiger partial charge in [-0.3, -0.25) is 19.4 Å². The van der Waals surface area contributed by atoms with Crippen LogP contribution in [0.5, 0.6) is 0 Å². The van der Waals surface area contributed by atoms with Crippen LogP contribution in [-0.2, 0) is 20.8 Å². The maximum absolute atomic E-state index is 14.3. The summed E-state index contributed by atoms with van der Waals surface area (Å²) < 4.78 is 0. The highest BCUT2D eigenvalue weighted by Gasteiger charge is 2.46. The fourth-order valence-corrected chi connectivity index (χ4v) is 5.86. The van der Waals surface area contributed by atoms with Crippen LogP contribution in [0.25, 0.3) is 5.70 Å². The van der Waals surface area contributed by atoms with Crippen molar-refractivity contribution in [1.82, 2.24) is 14.9 Å². The molecule has 2 aromatic rings. The Balaban J connectivity index is 1.90. The minimum absolute atomic E-state index is 0.219. The molecule has 0 bridgehead atoms. The third-order valence-corrected chi connectivity index (χ3v) is 7.73. The molecule has 0 aromatic heterocycles. The molecular formula is C29H34N4O4S. The minimum atomic E-state index is -1.10. The van der Waals surface area contributed by atoms with E-state index in [2.05, 4.69) is 4.99 Å². The molecule has 0 aliphatic carbocycles. The number of benzene rings is 2. The van der Waals surface area contributed by atoms with Gasteiger partial charge in [0.25, 0.3) is 5.91 Å². The maximum atomic E-state index is 14.3. The molecule has 2 aromatic carbocycles. The highest BCUT2D eigenvalue weighted by molar-refractivity contribution is 8.14. The number of aliphatic hydroxyl groups excluding tert-OH is 1. The van der Waals surface area contributed by atoms with Crippen LogP contribution in [0.4, 0.5) is 0 Å². The smallest absolute Gasteiger partial charge is 0.269 e. The first-order valence-corrected chi connectivity index (χ1v) is 13.8. The molecule has 200 valence electrons. The van der Waals surface area contributed by atoms with E-state index in [0.29, 0.717) is 29.3 Å². The summed E-state index contributed by atoms with van der Waals surface area (Å²) in [6.07, 6.45) is 0.850. The van der Waals surface area contributed by atoms with Crippen LogP contribution in [0.1, 0.15) is 38.8 Å². The van der Waals surface area contributed by atoms with Gasteiger partial charge in [0.15, 0.2) is 0 Å². The third kappa shape index (κ3) is 5.68. The van der Waals surface area contributed by atoms with Gasteiger partial charge in [0.1, 0.15) is 12.1 Å². The summed E-state index contributed by atoms with van der Waals surface area (Å²) >= 11 is 1.46. The van der Waals surface area contributed by atoms with Crippen LogP contribution in [0.2, 0.25) is 0 Å². The van der Waals surface area contributed by atoms with Crippen molar-refractivity contribution < 1.29 is 19.5 Å². The Hall–Kier alpha value is -3.43. The molecule has 0 saturated carbocycles. The van der Waals surface area contributed by atoms with Gasteiger partial charge in [-0.05, 0) is 17.9 Å².